The topological polar surface area (TPSA) is 69.7 Å². The van der Waals surface area contributed by atoms with E-state index in [1.54, 1.807) is 0 Å². The summed E-state index contributed by atoms with van der Waals surface area (Å²) >= 11 is 0. The van der Waals surface area contributed by atoms with Gasteiger partial charge in [-0.05, 0) is 41.1 Å². The Kier molecular flexibility index (Phi) is 6.31. The van der Waals surface area contributed by atoms with Crippen molar-refractivity contribution >= 4 is 26.7 Å². The van der Waals surface area contributed by atoms with E-state index in [0.29, 0.717) is 44.8 Å². The molecule has 6 nitrogen and oxygen atoms in total. The first-order valence-electron chi connectivity index (χ1n) is 10.2. The molecule has 1 aliphatic rings. The van der Waals surface area contributed by atoms with Crippen LogP contribution in [0.3, 0.4) is 0 Å². The van der Waals surface area contributed by atoms with E-state index in [1.807, 2.05) is 42.5 Å². The van der Waals surface area contributed by atoms with E-state index >= 15 is 0 Å². The lowest BCUT2D eigenvalue weighted by Crippen LogP contribution is -2.50. The number of sulfonamides is 1. The molecule has 3 aromatic carbocycles. The van der Waals surface area contributed by atoms with Crippen LogP contribution in [0.2, 0.25) is 0 Å². The van der Waals surface area contributed by atoms with Crippen molar-refractivity contribution < 1.29 is 17.6 Å². The number of piperazine rings is 1. The molecular formula is C23H24FN3O3S. The number of benzene rings is 3. The molecule has 0 atom stereocenters. The van der Waals surface area contributed by atoms with Crippen molar-refractivity contribution in [1.82, 2.24) is 14.5 Å². The highest BCUT2D eigenvalue weighted by Crippen LogP contribution is 2.19. The minimum atomic E-state index is -3.62. The van der Waals surface area contributed by atoms with Crippen LogP contribution < -0.4 is 5.32 Å². The maximum atomic E-state index is 13.1. The average Bonchev–Trinajstić information content (AvgIpc) is 2.79. The summed E-state index contributed by atoms with van der Waals surface area (Å²) in [6.07, 6.45) is 0. The SMILES string of the molecule is O=C(NCCN1CCN(S(=O)(=O)c2ccc(F)cc2)CC1)c1cccc2ccccc12. The number of carbonyl (C=O) groups excluding carboxylic acids is 1. The maximum Gasteiger partial charge on any atom is 0.251 e. The van der Waals surface area contributed by atoms with E-state index in [1.165, 1.54) is 16.4 Å². The number of rotatable bonds is 6. The van der Waals surface area contributed by atoms with Crippen molar-refractivity contribution in [1.29, 1.82) is 0 Å². The fraction of sp³-hybridized carbons (Fsp3) is 0.261. The Bertz CT molecular complexity index is 1170. The zero-order valence-electron chi connectivity index (χ0n) is 17.0. The van der Waals surface area contributed by atoms with Gasteiger partial charge in [0.2, 0.25) is 10.0 Å². The number of hydrogen-bond donors (Lipinski definition) is 1. The second-order valence-electron chi connectivity index (χ2n) is 7.48. The van der Waals surface area contributed by atoms with Gasteiger partial charge < -0.3 is 5.32 Å². The van der Waals surface area contributed by atoms with E-state index < -0.39 is 15.8 Å². The van der Waals surface area contributed by atoms with Crippen LogP contribution in [0.15, 0.2) is 71.6 Å². The molecule has 8 heteroatoms. The molecule has 3 aromatic rings. The van der Waals surface area contributed by atoms with E-state index in [9.17, 15) is 17.6 Å². The smallest absolute Gasteiger partial charge is 0.251 e. The highest BCUT2D eigenvalue weighted by molar-refractivity contribution is 7.89. The molecule has 1 heterocycles. The van der Waals surface area contributed by atoms with Crippen molar-refractivity contribution in [2.75, 3.05) is 39.3 Å². The molecule has 0 saturated carbocycles. The highest BCUT2D eigenvalue weighted by Gasteiger charge is 2.28. The van der Waals surface area contributed by atoms with Crippen molar-refractivity contribution in [2.24, 2.45) is 0 Å². The third kappa shape index (κ3) is 4.76. The number of hydrogen-bond acceptors (Lipinski definition) is 4. The monoisotopic (exact) mass is 441 g/mol. The van der Waals surface area contributed by atoms with Gasteiger partial charge in [0.1, 0.15) is 5.82 Å². The standard InChI is InChI=1S/C23H24FN3O3S/c24-19-8-10-20(11-9-19)31(29,30)27-16-14-26(15-17-27)13-12-25-23(28)22-7-3-5-18-4-1-2-6-21(18)22/h1-11H,12-17H2,(H,25,28). The minimum Gasteiger partial charge on any atom is -0.351 e. The summed E-state index contributed by atoms with van der Waals surface area (Å²) in [6.45, 7) is 2.98. The number of nitrogens with one attached hydrogen (secondary N) is 1. The summed E-state index contributed by atoms with van der Waals surface area (Å²) in [6, 6.07) is 18.3. The first-order chi connectivity index (χ1) is 14.9. The van der Waals surface area contributed by atoms with Crippen molar-refractivity contribution in [3.05, 3.63) is 78.1 Å². The van der Waals surface area contributed by atoms with Crippen LogP contribution in [0.5, 0.6) is 0 Å². The second kappa shape index (κ2) is 9.13. The summed E-state index contributed by atoms with van der Waals surface area (Å²) in [5.41, 5.74) is 0.647. The molecule has 162 valence electrons. The molecule has 1 N–H and O–H groups in total. The van der Waals surface area contributed by atoms with Gasteiger partial charge >= 0.3 is 0 Å². The number of carbonyl (C=O) groups is 1. The third-order valence-electron chi connectivity index (χ3n) is 5.53. The molecule has 1 aliphatic heterocycles. The third-order valence-corrected chi connectivity index (χ3v) is 7.44. The molecule has 1 saturated heterocycles. The number of amides is 1. The Morgan fingerprint density at radius 3 is 2.32 bits per heavy atom. The summed E-state index contributed by atoms with van der Waals surface area (Å²) in [5, 5.41) is 4.90. The van der Waals surface area contributed by atoms with Gasteiger partial charge in [-0.25, -0.2) is 12.8 Å². The summed E-state index contributed by atoms with van der Waals surface area (Å²) < 4.78 is 39.9. The van der Waals surface area contributed by atoms with E-state index in [-0.39, 0.29) is 10.8 Å². The van der Waals surface area contributed by atoms with Gasteiger partial charge in [-0.3, -0.25) is 9.69 Å². The largest absolute Gasteiger partial charge is 0.351 e. The molecule has 1 fully saturated rings. The van der Waals surface area contributed by atoms with Gasteiger partial charge in [-0.1, -0.05) is 36.4 Å². The van der Waals surface area contributed by atoms with Crippen LogP contribution in [0, 0.1) is 5.82 Å². The Balaban J connectivity index is 1.29. The van der Waals surface area contributed by atoms with Crippen LogP contribution in [0.1, 0.15) is 10.4 Å². The van der Waals surface area contributed by atoms with Crippen molar-refractivity contribution in [3.63, 3.8) is 0 Å². The van der Waals surface area contributed by atoms with Crippen molar-refractivity contribution in [2.45, 2.75) is 4.90 Å². The first kappa shape index (κ1) is 21.4. The zero-order chi connectivity index (χ0) is 21.8. The Labute approximate surface area is 181 Å². The van der Waals surface area contributed by atoms with Gasteiger partial charge in [-0.15, -0.1) is 0 Å². The van der Waals surface area contributed by atoms with Crippen LogP contribution >= 0.6 is 0 Å². The second-order valence-corrected chi connectivity index (χ2v) is 9.42. The van der Waals surface area contributed by atoms with Gasteiger partial charge in [0, 0.05) is 44.8 Å². The molecule has 4 rings (SSSR count). The first-order valence-corrected chi connectivity index (χ1v) is 11.6. The molecule has 31 heavy (non-hydrogen) atoms. The lowest BCUT2D eigenvalue weighted by Gasteiger charge is -2.34. The van der Waals surface area contributed by atoms with E-state index in [2.05, 4.69) is 10.2 Å². The molecule has 0 spiro atoms. The molecule has 0 bridgehead atoms. The van der Waals surface area contributed by atoms with Crippen LogP contribution in [0.25, 0.3) is 10.8 Å². The zero-order valence-corrected chi connectivity index (χ0v) is 17.8. The van der Waals surface area contributed by atoms with Gasteiger partial charge in [-0.2, -0.15) is 4.31 Å². The van der Waals surface area contributed by atoms with Crippen LogP contribution in [0.4, 0.5) is 4.39 Å². The summed E-state index contributed by atoms with van der Waals surface area (Å²) in [5.74, 6) is -0.580. The molecular weight excluding hydrogens is 417 g/mol. The van der Waals surface area contributed by atoms with Gasteiger partial charge in [0.15, 0.2) is 0 Å². The summed E-state index contributed by atoms with van der Waals surface area (Å²) in [7, 11) is -3.62. The predicted molar refractivity (Wildman–Crippen MR) is 118 cm³/mol. The quantitative estimate of drug-likeness (QED) is 0.639. The average molecular weight is 442 g/mol. The van der Waals surface area contributed by atoms with Gasteiger partial charge in [0.25, 0.3) is 5.91 Å². The fourth-order valence-electron chi connectivity index (χ4n) is 3.80. The number of halogens is 1. The lowest BCUT2D eigenvalue weighted by atomic mass is 10.0. The Morgan fingerprint density at radius 1 is 0.903 bits per heavy atom. The normalized spacial score (nSPS) is 15.8. The molecule has 0 radical (unpaired) electrons. The van der Waals surface area contributed by atoms with Gasteiger partial charge in [0.05, 0.1) is 4.90 Å². The molecule has 0 unspecified atom stereocenters. The highest BCUT2D eigenvalue weighted by atomic mass is 32.2. The lowest BCUT2D eigenvalue weighted by molar-refractivity contribution is 0.0946. The number of fused-ring (bicyclic) bond motifs is 1. The molecule has 0 aliphatic carbocycles. The predicted octanol–water partition coefficient (Wildman–Crippen LogP) is 2.72. The van der Waals surface area contributed by atoms with Crippen LogP contribution in [-0.2, 0) is 10.0 Å². The summed E-state index contributed by atoms with van der Waals surface area (Å²) in [4.78, 5) is 14.8. The van der Waals surface area contributed by atoms with E-state index in [0.717, 1.165) is 22.9 Å². The minimum absolute atomic E-state index is 0.102. The molecule has 1 amide bonds. The molecule has 0 aromatic heterocycles. The Morgan fingerprint density at radius 2 is 1.58 bits per heavy atom. The van der Waals surface area contributed by atoms with Crippen molar-refractivity contribution in [3.8, 4) is 0 Å². The maximum absolute atomic E-state index is 13.1. The van der Waals surface area contributed by atoms with E-state index in [4.69, 9.17) is 0 Å². The Hall–Kier alpha value is -2.81. The number of nitrogens with zero attached hydrogens (tertiary/aromatic N) is 2. The fourth-order valence-corrected chi connectivity index (χ4v) is 5.22. The van der Waals surface area contributed by atoms with Crippen LogP contribution in [-0.4, -0.2) is 62.8 Å².